The van der Waals surface area contributed by atoms with Gasteiger partial charge in [0.2, 0.25) is 17.6 Å². The van der Waals surface area contributed by atoms with Crippen LogP contribution >= 0.6 is 0 Å². The van der Waals surface area contributed by atoms with Crippen molar-refractivity contribution in [2.24, 2.45) is 5.41 Å². The third kappa shape index (κ3) is 4.04. The number of rotatable bonds is 6. The fraction of sp³-hybridized carbons (Fsp3) is 0.556. The van der Waals surface area contributed by atoms with Crippen LogP contribution in [0.4, 0.5) is 0 Å². The number of aliphatic hydroxyl groups excluding tert-OH is 1. The number of aromatic nitrogens is 3. The van der Waals surface area contributed by atoms with Crippen molar-refractivity contribution in [1.82, 2.24) is 20.0 Å². The first-order valence-electron chi connectivity index (χ1n) is 8.78. The standard InChI is InChI=1S/C18H24N4O3/c1-2-18(13-23)8-11-22(12-9-18)16(24)7-6-15-20-17(21-25-15)14-5-3-4-10-19-14/h3-5,10,23H,2,6-9,11-13H2,1H3. The molecular weight excluding hydrogens is 320 g/mol. The van der Waals surface area contributed by atoms with E-state index in [0.29, 0.717) is 43.3 Å². The van der Waals surface area contributed by atoms with Gasteiger partial charge in [-0.15, -0.1) is 0 Å². The van der Waals surface area contributed by atoms with Gasteiger partial charge in [0.05, 0.1) is 0 Å². The summed E-state index contributed by atoms with van der Waals surface area (Å²) in [5, 5.41) is 13.5. The number of nitrogens with zero attached hydrogens (tertiary/aromatic N) is 4. The minimum Gasteiger partial charge on any atom is -0.396 e. The summed E-state index contributed by atoms with van der Waals surface area (Å²) in [6.07, 6.45) is 5.11. The molecule has 0 saturated carbocycles. The largest absolute Gasteiger partial charge is 0.396 e. The molecule has 1 aliphatic rings. The minimum atomic E-state index is -0.0130. The van der Waals surface area contributed by atoms with E-state index in [0.717, 1.165) is 19.3 Å². The van der Waals surface area contributed by atoms with E-state index in [9.17, 15) is 9.90 Å². The van der Waals surface area contributed by atoms with Crippen molar-refractivity contribution in [1.29, 1.82) is 0 Å². The fourth-order valence-corrected chi connectivity index (χ4v) is 3.18. The highest BCUT2D eigenvalue weighted by Gasteiger charge is 2.33. The highest BCUT2D eigenvalue weighted by atomic mass is 16.5. The lowest BCUT2D eigenvalue weighted by molar-refractivity contribution is -0.134. The number of hydrogen-bond acceptors (Lipinski definition) is 6. The van der Waals surface area contributed by atoms with Crippen LogP contribution in [0.5, 0.6) is 0 Å². The van der Waals surface area contributed by atoms with Crippen LogP contribution in [0.15, 0.2) is 28.9 Å². The van der Waals surface area contributed by atoms with Gasteiger partial charge in [0.1, 0.15) is 5.69 Å². The maximum Gasteiger partial charge on any atom is 0.227 e. The molecule has 0 aromatic carbocycles. The Morgan fingerprint density at radius 3 is 2.80 bits per heavy atom. The third-order valence-corrected chi connectivity index (χ3v) is 5.18. The predicted molar refractivity (Wildman–Crippen MR) is 91.5 cm³/mol. The van der Waals surface area contributed by atoms with Crippen LogP contribution in [0.3, 0.4) is 0 Å². The smallest absolute Gasteiger partial charge is 0.227 e. The van der Waals surface area contributed by atoms with E-state index in [4.69, 9.17) is 4.52 Å². The summed E-state index contributed by atoms with van der Waals surface area (Å²) < 4.78 is 5.22. The molecule has 0 bridgehead atoms. The molecular formula is C18H24N4O3. The van der Waals surface area contributed by atoms with E-state index in [1.54, 1.807) is 6.20 Å². The van der Waals surface area contributed by atoms with Crippen LogP contribution in [0, 0.1) is 5.41 Å². The van der Waals surface area contributed by atoms with E-state index < -0.39 is 0 Å². The Bertz CT molecular complexity index is 687. The summed E-state index contributed by atoms with van der Waals surface area (Å²) in [5.74, 6) is 0.987. The maximum absolute atomic E-state index is 12.4. The summed E-state index contributed by atoms with van der Waals surface area (Å²) in [4.78, 5) is 22.8. The van der Waals surface area contributed by atoms with Crippen molar-refractivity contribution in [3.63, 3.8) is 0 Å². The topological polar surface area (TPSA) is 92.3 Å². The van der Waals surface area contributed by atoms with E-state index >= 15 is 0 Å². The molecule has 2 aromatic heterocycles. The lowest BCUT2D eigenvalue weighted by Gasteiger charge is -2.40. The van der Waals surface area contributed by atoms with Gasteiger partial charge in [-0.1, -0.05) is 18.1 Å². The second-order valence-corrected chi connectivity index (χ2v) is 6.62. The zero-order chi connectivity index (χ0) is 17.7. The predicted octanol–water partition coefficient (Wildman–Crippen LogP) is 2.08. The number of aliphatic hydroxyl groups is 1. The highest BCUT2D eigenvalue weighted by molar-refractivity contribution is 5.76. The van der Waals surface area contributed by atoms with Gasteiger partial charge in [-0.2, -0.15) is 4.98 Å². The number of aryl methyl sites for hydroxylation is 1. The number of carbonyl (C=O) groups excluding carboxylic acids is 1. The normalized spacial score (nSPS) is 16.8. The lowest BCUT2D eigenvalue weighted by atomic mass is 9.77. The number of hydrogen-bond donors (Lipinski definition) is 1. The van der Waals surface area contributed by atoms with Gasteiger partial charge in [0, 0.05) is 38.7 Å². The Labute approximate surface area is 147 Å². The van der Waals surface area contributed by atoms with Gasteiger partial charge in [-0.25, -0.2) is 0 Å². The van der Waals surface area contributed by atoms with Crippen molar-refractivity contribution in [2.75, 3.05) is 19.7 Å². The average molecular weight is 344 g/mol. The molecule has 0 radical (unpaired) electrons. The van der Waals surface area contributed by atoms with Crippen LogP contribution in [-0.2, 0) is 11.2 Å². The monoisotopic (exact) mass is 344 g/mol. The molecule has 3 heterocycles. The Morgan fingerprint density at radius 1 is 1.36 bits per heavy atom. The summed E-state index contributed by atoms with van der Waals surface area (Å²) in [7, 11) is 0. The van der Waals surface area contributed by atoms with Gasteiger partial charge in [0.15, 0.2) is 0 Å². The molecule has 3 rings (SSSR count). The zero-order valence-corrected chi connectivity index (χ0v) is 14.5. The summed E-state index contributed by atoms with van der Waals surface area (Å²) >= 11 is 0. The van der Waals surface area contributed by atoms with E-state index in [1.807, 2.05) is 23.1 Å². The molecule has 2 aromatic rings. The Morgan fingerprint density at radius 2 is 2.16 bits per heavy atom. The second-order valence-electron chi connectivity index (χ2n) is 6.62. The SMILES string of the molecule is CCC1(CO)CCN(C(=O)CCc2nc(-c3ccccn3)no2)CC1. The Hall–Kier alpha value is -2.28. The molecule has 134 valence electrons. The van der Waals surface area contributed by atoms with Crippen LogP contribution < -0.4 is 0 Å². The number of piperidine rings is 1. The Balaban J connectivity index is 1.51. The molecule has 0 aliphatic carbocycles. The Kier molecular flexibility index (Phi) is 5.43. The van der Waals surface area contributed by atoms with Crippen LogP contribution in [0.25, 0.3) is 11.5 Å². The molecule has 0 spiro atoms. The molecule has 1 aliphatic heterocycles. The number of amides is 1. The van der Waals surface area contributed by atoms with Gasteiger partial charge in [-0.05, 0) is 36.8 Å². The van der Waals surface area contributed by atoms with Crippen molar-refractivity contribution in [3.05, 3.63) is 30.3 Å². The first kappa shape index (κ1) is 17.5. The van der Waals surface area contributed by atoms with Crippen molar-refractivity contribution in [3.8, 4) is 11.5 Å². The molecule has 0 atom stereocenters. The quantitative estimate of drug-likeness (QED) is 0.862. The van der Waals surface area contributed by atoms with Crippen LogP contribution in [-0.4, -0.2) is 50.7 Å². The lowest BCUT2D eigenvalue weighted by Crippen LogP contribution is -2.44. The van der Waals surface area contributed by atoms with Crippen molar-refractivity contribution < 1.29 is 14.4 Å². The molecule has 1 saturated heterocycles. The minimum absolute atomic E-state index is 0.0130. The van der Waals surface area contributed by atoms with E-state index in [-0.39, 0.29) is 17.9 Å². The van der Waals surface area contributed by atoms with Crippen molar-refractivity contribution >= 4 is 5.91 Å². The van der Waals surface area contributed by atoms with Gasteiger partial charge in [-0.3, -0.25) is 9.78 Å². The van der Waals surface area contributed by atoms with E-state index in [2.05, 4.69) is 22.0 Å². The molecule has 1 amide bonds. The summed E-state index contributed by atoms with van der Waals surface area (Å²) in [6, 6.07) is 5.50. The molecule has 7 nitrogen and oxygen atoms in total. The number of likely N-dealkylation sites (tertiary alicyclic amines) is 1. The molecule has 7 heteroatoms. The van der Waals surface area contributed by atoms with Crippen LogP contribution in [0.1, 0.15) is 38.5 Å². The highest BCUT2D eigenvalue weighted by Crippen LogP contribution is 2.34. The molecule has 1 N–H and O–H groups in total. The van der Waals surface area contributed by atoms with Crippen molar-refractivity contribution in [2.45, 2.75) is 39.0 Å². The van der Waals surface area contributed by atoms with Gasteiger partial charge < -0.3 is 14.5 Å². The fourth-order valence-electron chi connectivity index (χ4n) is 3.18. The number of carbonyl (C=O) groups is 1. The second kappa shape index (κ2) is 7.74. The molecule has 25 heavy (non-hydrogen) atoms. The summed E-state index contributed by atoms with van der Waals surface area (Å²) in [6.45, 7) is 3.71. The number of pyridine rings is 1. The average Bonchev–Trinajstić information content (AvgIpc) is 3.16. The van der Waals surface area contributed by atoms with Gasteiger partial charge >= 0.3 is 0 Å². The van der Waals surface area contributed by atoms with Crippen LogP contribution in [0.2, 0.25) is 0 Å². The zero-order valence-electron chi connectivity index (χ0n) is 14.5. The first-order chi connectivity index (χ1) is 12.2. The third-order valence-electron chi connectivity index (χ3n) is 5.18. The maximum atomic E-state index is 12.4. The molecule has 1 fully saturated rings. The first-order valence-corrected chi connectivity index (χ1v) is 8.78. The van der Waals surface area contributed by atoms with Gasteiger partial charge in [0.25, 0.3) is 0 Å². The summed E-state index contributed by atoms with van der Waals surface area (Å²) in [5.41, 5.74) is 0.640. The van der Waals surface area contributed by atoms with E-state index in [1.165, 1.54) is 0 Å². The molecule has 0 unspecified atom stereocenters.